The molecule has 1 aliphatic rings. The number of aromatic nitrogens is 2. The molecule has 2 N–H and O–H groups in total. The van der Waals surface area contributed by atoms with Crippen molar-refractivity contribution in [3.8, 4) is 22.6 Å². The van der Waals surface area contributed by atoms with Gasteiger partial charge in [0, 0.05) is 48.4 Å². The first-order chi connectivity index (χ1) is 24.3. The standard InChI is InChI=1S/C37H43ClFN5O6/c1-4-13-46-15-16-47-17-18-49-27-9-7-25(8-10-27)29-19-26(20-31(38)36(29)39)42-37-30-21-33(43-35(45)6-5-12-44(2)3)34(22-32(30)40-24-41-37)50-28-11-14-48-23-28/h5-10,19-22,24,28H,4,11-18,23H2,1-3H3,(H,43,45)(H,40,41,42)/b6-5+. The van der Waals surface area contributed by atoms with Crippen molar-refractivity contribution in [3.63, 3.8) is 0 Å². The number of carbonyl (C=O) groups is 1. The van der Waals surface area contributed by atoms with E-state index in [2.05, 4.69) is 27.5 Å². The van der Waals surface area contributed by atoms with E-state index in [0.29, 0.717) is 96.9 Å². The number of nitrogens with one attached hydrogen (secondary N) is 2. The maximum absolute atomic E-state index is 15.4. The molecule has 50 heavy (non-hydrogen) atoms. The Morgan fingerprint density at radius 3 is 2.58 bits per heavy atom. The molecule has 0 spiro atoms. The van der Waals surface area contributed by atoms with Crippen LogP contribution in [0.3, 0.4) is 0 Å². The molecule has 11 nitrogen and oxygen atoms in total. The Bertz CT molecular complexity index is 1750. The molecule has 266 valence electrons. The summed E-state index contributed by atoms with van der Waals surface area (Å²) in [6, 6.07) is 13.8. The van der Waals surface area contributed by atoms with E-state index in [4.69, 9.17) is 35.3 Å². The van der Waals surface area contributed by atoms with Gasteiger partial charge in [0.15, 0.2) is 0 Å². The molecule has 1 unspecified atom stereocenters. The fourth-order valence-electron chi connectivity index (χ4n) is 5.13. The lowest BCUT2D eigenvalue weighted by Gasteiger charge is -2.18. The van der Waals surface area contributed by atoms with Crippen molar-refractivity contribution in [3.05, 3.63) is 77.9 Å². The lowest BCUT2D eigenvalue weighted by atomic mass is 10.0. The van der Waals surface area contributed by atoms with Gasteiger partial charge in [-0.25, -0.2) is 14.4 Å². The van der Waals surface area contributed by atoms with E-state index in [9.17, 15) is 4.79 Å². The van der Waals surface area contributed by atoms with Crippen LogP contribution < -0.4 is 20.1 Å². The van der Waals surface area contributed by atoms with Crippen LogP contribution in [0.25, 0.3) is 22.0 Å². The smallest absolute Gasteiger partial charge is 0.248 e. The molecule has 0 aliphatic carbocycles. The molecule has 1 aromatic heterocycles. The van der Waals surface area contributed by atoms with Gasteiger partial charge in [0.05, 0.1) is 49.3 Å². The molecule has 3 aromatic carbocycles. The molecule has 2 heterocycles. The summed E-state index contributed by atoms with van der Waals surface area (Å²) in [5.74, 6) is 0.671. The molecule has 5 rings (SSSR count). The Morgan fingerprint density at radius 2 is 1.84 bits per heavy atom. The summed E-state index contributed by atoms with van der Waals surface area (Å²) in [4.78, 5) is 23.7. The van der Waals surface area contributed by atoms with E-state index < -0.39 is 5.82 Å². The Labute approximate surface area is 296 Å². The second-order valence-corrected chi connectivity index (χ2v) is 12.3. The van der Waals surface area contributed by atoms with Crippen molar-refractivity contribution in [1.29, 1.82) is 0 Å². The molecule has 4 aromatic rings. The number of hydrogen-bond donors (Lipinski definition) is 2. The van der Waals surface area contributed by atoms with Crippen LogP contribution >= 0.6 is 11.6 Å². The SMILES string of the molecule is CCCOCCOCCOc1ccc(-c2cc(Nc3ncnc4cc(OC5CCOC5)c(NC(=O)/C=C/CN(C)C)cc34)cc(Cl)c2F)cc1. The van der Waals surface area contributed by atoms with E-state index in [1.807, 2.05) is 19.0 Å². The van der Waals surface area contributed by atoms with Gasteiger partial charge in [-0.15, -0.1) is 0 Å². The van der Waals surface area contributed by atoms with Crippen LogP contribution in [0.15, 0.2) is 67.0 Å². The molecule has 0 radical (unpaired) electrons. The first kappa shape index (κ1) is 36.9. The quantitative estimate of drug-likeness (QED) is 0.0838. The first-order valence-corrected chi connectivity index (χ1v) is 17.0. The average Bonchev–Trinajstić information content (AvgIpc) is 3.61. The van der Waals surface area contributed by atoms with Crippen LogP contribution in [0.5, 0.6) is 11.5 Å². The summed E-state index contributed by atoms with van der Waals surface area (Å²) in [6.07, 6.45) is 6.24. The zero-order chi connectivity index (χ0) is 35.3. The van der Waals surface area contributed by atoms with E-state index >= 15 is 4.39 Å². The van der Waals surface area contributed by atoms with Gasteiger partial charge in [0.1, 0.15) is 42.2 Å². The third kappa shape index (κ3) is 10.6. The molecule has 1 amide bonds. The maximum Gasteiger partial charge on any atom is 0.248 e. The van der Waals surface area contributed by atoms with Gasteiger partial charge in [-0.1, -0.05) is 36.7 Å². The number of ether oxygens (including phenoxy) is 5. The monoisotopic (exact) mass is 707 g/mol. The average molecular weight is 708 g/mol. The molecular formula is C37H43ClFN5O6. The number of carbonyl (C=O) groups excluding carboxylic acids is 1. The van der Waals surface area contributed by atoms with Crippen molar-refractivity contribution in [2.75, 3.05) is 77.5 Å². The van der Waals surface area contributed by atoms with Gasteiger partial charge >= 0.3 is 0 Å². The predicted molar refractivity (Wildman–Crippen MR) is 193 cm³/mol. The van der Waals surface area contributed by atoms with E-state index in [1.165, 1.54) is 18.5 Å². The summed E-state index contributed by atoms with van der Waals surface area (Å²) in [5.41, 5.74) is 2.45. The van der Waals surface area contributed by atoms with Crippen molar-refractivity contribution >= 4 is 45.6 Å². The third-order valence-electron chi connectivity index (χ3n) is 7.59. The van der Waals surface area contributed by atoms with Gasteiger partial charge in [0.2, 0.25) is 5.91 Å². The number of halogens is 2. The molecule has 1 saturated heterocycles. The number of amides is 1. The molecule has 1 atom stereocenters. The van der Waals surface area contributed by atoms with Crippen molar-refractivity contribution in [2.45, 2.75) is 25.9 Å². The van der Waals surface area contributed by atoms with Crippen molar-refractivity contribution < 1.29 is 32.9 Å². The van der Waals surface area contributed by atoms with Crippen LogP contribution in [0.2, 0.25) is 5.02 Å². The van der Waals surface area contributed by atoms with Crippen LogP contribution in [0, 0.1) is 5.82 Å². The number of nitrogens with zero attached hydrogens (tertiary/aromatic N) is 3. The van der Waals surface area contributed by atoms with Gasteiger partial charge in [-0.05, 0) is 56.4 Å². The topological polar surface area (TPSA) is 116 Å². The zero-order valence-electron chi connectivity index (χ0n) is 28.5. The van der Waals surface area contributed by atoms with E-state index in [-0.39, 0.29) is 17.0 Å². The summed E-state index contributed by atoms with van der Waals surface area (Å²) >= 11 is 6.39. The predicted octanol–water partition coefficient (Wildman–Crippen LogP) is 6.88. The fraction of sp³-hybridized carbons (Fsp3) is 0.378. The Morgan fingerprint density at radius 1 is 1.06 bits per heavy atom. The highest BCUT2D eigenvalue weighted by Crippen LogP contribution is 2.37. The second-order valence-electron chi connectivity index (χ2n) is 11.9. The highest BCUT2D eigenvalue weighted by Gasteiger charge is 2.21. The van der Waals surface area contributed by atoms with Gasteiger partial charge in [-0.2, -0.15) is 0 Å². The molecular weight excluding hydrogens is 665 g/mol. The minimum atomic E-state index is -0.554. The number of likely N-dealkylation sites (N-methyl/N-ethyl adjacent to an activating group) is 1. The molecule has 1 fully saturated rings. The van der Waals surface area contributed by atoms with Crippen molar-refractivity contribution in [2.24, 2.45) is 0 Å². The lowest BCUT2D eigenvalue weighted by Crippen LogP contribution is -2.18. The number of anilines is 3. The minimum absolute atomic E-state index is 0.0596. The minimum Gasteiger partial charge on any atom is -0.491 e. The molecule has 0 bridgehead atoms. The van der Waals surface area contributed by atoms with Gasteiger partial charge < -0.3 is 39.2 Å². The van der Waals surface area contributed by atoms with Crippen molar-refractivity contribution in [1.82, 2.24) is 14.9 Å². The number of hydrogen-bond acceptors (Lipinski definition) is 10. The van der Waals surface area contributed by atoms with Crippen LogP contribution in [-0.2, 0) is 19.0 Å². The Hall–Kier alpha value is -4.33. The Kier molecular flexibility index (Phi) is 13.7. The highest BCUT2D eigenvalue weighted by atomic mass is 35.5. The summed E-state index contributed by atoms with van der Waals surface area (Å²) < 4.78 is 43.8. The summed E-state index contributed by atoms with van der Waals surface area (Å²) in [5, 5.41) is 6.75. The van der Waals surface area contributed by atoms with Gasteiger partial charge in [-0.3, -0.25) is 4.79 Å². The fourth-order valence-corrected chi connectivity index (χ4v) is 5.35. The zero-order valence-corrected chi connectivity index (χ0v) is 29.3. The first-order valence-electron chi connectivity index (χ1n) is 16.6. The summed E-state index contributed by atoms with van der Waals surface area (Å²) in [7, 11) is 3.84. The van der Waals surface area contributed by atoms with Crippen LogP contribution in [0.1, 0.15) is 19.8 Å². The lowest BCUT2D eigenvalue weighted by molar-refractivity contribution is -0.111. The van der Waals surface area contributed by atoms with Gasteiger partial charge in [0.25, 0.3) is 0 Å². The molecule has 1 aliphatic heterocycles. The van der Waals surface area contributed by atoms with Crippen LogP contribution in [0.4, 0.5) is 21.6 Å². The maximum atomic E-state index is 15.4. The number of rotatable bonds is 18. The largest absolute Gasteiger partial charge is 0.491 e. The van der Waals surface area contributed by atoms with Crippen LogP contribution in [-0.4, -0.2) is 93.8 Å². The van der Waals surface area contributed by atoms with E-state index in [0.717, 1.165) is 19.4 Å². The Balaban J connectivity index is 1.34. The molecule has 13 heteroatoms. The normalized spacial score (nSPS) is 14.5. The second kappa shape index (κ2) is 18.6. The summed E-state index contributed by atoms with van der Waals surface area (Å²) in [6.45, 7) is 6.33. The number of benzene rings is 3. The van der Waals surface area contributed by atoms with E-state index in [1.54, 1.807) is 48.5 Å². The molecule has 0 saturated carbocycles. The third-order valence-corrected chi connectivity index (χ3v) is 7.86. The number of fused-ring (bicyclic) bond motifs is 1. The highest BCUT2D eigenvalue weighted by molar-refractivity contribution is 6.31.